The molecule has 0 fully saturated rings. The minimum atomic E-state index is -0.376. The summed E-state index contributed by atoms with van der Waals surface area (Å²) in [5.41, 5.74) is 3.98. The molecule has 3 N–H and O–H groups in total. The highest BCUT2D eigenvalue weighted by molar-refractivity contribution is 6.30. The zero-order valence-electron chi connectivity index (χ0n) is 12.1. The third-order valence-electron chi connectivity index (χ3n) is 3.82. The van der Waals surface area contributed by atoms with Gasteiger partial charge in [0.05, 0.1) is 5.02 Å². The summed E-state index contributed by atoms with van der Waals surface area (Å²) in [4.78, 5) is 0. The number of rotatable bonds is 5. The molecule has 0 spiro atoms. The number of halogens is 2. The Morgan fingerprint density at radius 3 is 2.47 bits per heavy atom. The Labute approximate surface area is 120 Å². The Hall–Kier alpha value is -0.640. The van der Waals surface area contributed by atoms with Crippen LogP contribution in [0.1, 0.15) is 39.7 Å². The summed E-state index contributed by atoms with van der Waals surface area (Å²) in [6.07, 6.45) is 1.65. The minimum absolute atomic E-state index is 0.134. The highest BCUT2D eigenvalue weighted by Gasteiger charge is 2.23. The molecule has 0 radical (unpaired) electrons. The van der Waals surface area contributed by atoms with Crippen molar-refractivity contribution in [2.45, 2.75) is 46.6 Å². The van der Waals surface area contributed by atoms with Crippen LogP contribution in [0.15, 0.2) is 18.2 Å². The fraction of sp³-hybridized carbons (Fsp3) is 0.600. The van der Waals surface area contributed by atoms with Crippen molar-refractivity contribution >= 4 is 11.6 Å². The van der Waals surface area contributed by atoms with Crippen LogP contribution in [0.5, 0.6) is 0 Å². The molecule has 108 valence electrons. The monoisotopic (exact) mass is 286 g/mol. The lowest BCUT2D eigenvalue weighted by Gasteiger charge is -2.30. The van der Waals surface area contributed by atoms with Gasteiger partial charge in [0.25, 0.3) is 0 Å². The molecule has 2 unspecified atom stereocenters. The lowest BCUT2D eigenvalue weighted by Crippen LogP contribution is -2.39. The molecule has 1 rings (SSSR count). The van der Waals surface area contributed by atoms with Gasteiger partial charge < -0.3 is 0 Å². The van der Waals surface area contributed by atoms with Crippen LogP contribution in [0.2, 0.25) is 5.02 Å². The number of benzene rings is 1. The van der Waals surface area contributed by atoms with Crippen molar-refractivity contribution in [3.8, 4) is 0 Å². The van der Waals surface area contributed by atoms with E-state index >= 15 is 0 Å². The van der Waals surface area contributed by atoms with Crippen LogP contribution in [0.25, 0.3) is 0 Å². The lowest BCUT2D eigenvalue weighted by molar-refractivity contribution is 0.222. The zero-order chi connectivity index (χ0) is 14.6. The van der Waals surface area contributed by atoms with Gasteiger partial charge in [-0.25, -0.2) is 4.39 Å². The van der Waals surface area contributed by atoms with Crippen LogP contribution >= 0.6 is 11.6 Å². The van der Waals surface area contributed by atoms with Gasteiger partial charge in [0.2, 0.25) is 0 Å². The van der Waals surface area contributed by atoms with Crippen LogP contribution in [0.3, 0.4) is 0 Å². The van der Waals surface area contributed by atoms with Gasteiger partial charge in [0.15, 0.2) is 0 Å². The molecule has 0 heterocycles. The summed E-state index contributed by atoms with van der Waals surface area (Å²) < 4.78 is 13.4. The van der Waals surface area contributed by atoms with E-state index in [1.54, 1.807) is 6.07 Å². The van der Waals surface area contributed by atoms with E-state index in [0.29, 0.717) is 12.3 Å². The van der Waals surface area contributed by atoms with E-state index in [0.717, 1.165) is 12.0 Å². The molecule has 0 aliphatic heterocycles. The van der Waals surface area contributed by atoms with Crippen molar-refractivity contribution in [2.75, 3.05) is 0 Å². The molecule has 2 nitrogen and oxygen atoms in total. The largest absolute Gasteiger partial charge is 0.271 e. The summed E-state index contributed by atoms with van der Waals surface area (Å²) in [5.74, 6) is 5.75. The molecule has 1 aromatic carbocycles. The minimum Gasteiger partial charge on any atom is -0.271 e. The first-order chi connectivity index (χ1) is 8.74. The van der Waals surface area contributed by atoms with Crippen LogP contribution in [-0.4, -0.2) is 6.04 Å². The number of hydrazine groups is 1. The third-order valence-corrected chi connectivity index (χ3v) is 4.12. The maximum Gasteiger partial charge on any atom is 0.142 e. The molecule has 0 aliphatic rings. The fourth-order valence-corrected chi connectivity index (χ4v) is 2.06. The first-order valence-electron chi connectivity index (χ1n) is 6.64. The third kappa shape index (κ3) is 5.09. The zero-order valence-corrected chi connectivity index (χ0v) is 12.9. The molecule has 0 aromatic heterocycles. The van der Waals surface area contributed by atoms with Gasteiger partial charge in [-0.15, -0.1) is 0 Å². The van der Waals surface area contributed by atoms with E-state index in [1.165, 1.54) is 6.07 Å². The topological polar surface area (TPSA) is 38.0 Å². The summed E-state index contributed by atoms with van der Waals surface area (Å²) in [6, 6.07) is 5.05. The van der Waals surface area contributed by atoms with Crippen molar-refractivity contribution in [1.29, 1.82) is 0 Å². The van der Waals surface area contributed by atoms with E-state index in [1.807, 2.05) is 6.07 Å². The van der Waals surface area contributed by atoms with Gasteiger partial charge in [-0.3, -0.25) is 11.3 Å². The van der Waals surface area contributed by atoms with E-state index in [4.69, 9.17) is 17.4 Å². The molecule has 4 heteroatoms. The van der Waals surface area contributed by atoms with Crippen molar-refractivity contribution in [1.82, 2.24) is 5.43 Å². The van der Waals surface area contributed by atoms with Gasteiger partial charge >= 0.3 is 0 Å². The molecule has 1 aromatic rings. The summed E-state index contributed by atoms with van der Waals surface area (Å²) in [6.45, 7) is 8.86. The molecule has 0 amide bonds. The summed E-state index contributed by atoms with van der Waals surface area (Å²) in [7, 11) is 0. The average molecular weight is 287 g/mol. The van der Waals surface area contributed by atoms with Gasteiger partial charge in [-0.1, -0.05) is 45.4 Å². The first kappa shape index (κ1) is 16.4. The van der Waals surface area contributed by atoms with Gasteiger partial charge in [-0.05, 0) is 41.9 Å². The van der Waals surface area contributed by atoms with Crippen molar-refractivity contribution in [2.24, 2.45) is 17.2 Å². The predicted molar refractivity (Wildman–Crippen MR) is 79.5 cm³/mol. The predicted octanol–water partition coefficient (Wildman–Crippen LogP) is 3.93. The second-order valence-electron chi connectivity index (χ2n) is 6.32. The van der Waals surface area contributed by atoms with Crippen LogP contribution in [-0.2, 0) is 6.42 Å². The number of hydrogen-bond donors (Lipinski definition) is 2. The van der Waals surface area contributed by atoms with Crippen molar-refractivity contribution in [3.63, 3.8) is 0 Å². The normalized spacial score (nSPS) is 15.3. The van der Waals surface area contributed by atoms with Crippen LogP contribution in [0.4, 0.5) is 4.39 Å². The second kappa shape index (κ2) is 6.69. The summed E-state index contributed by atoms with van der Waals surface area (Å²) >= 11 is 5.68. The van der Waals surface area contributed by atoms with Crippen LogP contribution in [0, 0.1) is 17.2 Å². The maximum absolute atomic E-state index is 13.4. The molecule has 0 bridgehead atoms. The molecular formula is C15H24ClFN2. The highest BCUT2D eigenvalue weighted by Crippen LogP contribution is 2.29. The summed E-state index contributed by atoms with van der Waals surface area (Å²) in [5, 5.41) is 0.157. The lowest BCUT2D eigenvalue weighted by atomic mass is 9.78. The Bertz CT molecular complexity index is 415. The van der Waals surface area contributed by atoms with Crippen LogP contribution < -0.4 is 11.3 Å². The molecule has 0 saturated carbocycles. The van der Waals surface area contributed by atoms with Gasteiger partial charge in [-0.2, -0.15) is 0 Å². The van der Waals surface area contributed by atoms with Gasteiger partial charge in [0.1, 0.15) is 5.82 Å². The van der Waals surface area contributed by atoms with E-state index < -0.39 is 0 Å². The second-order valence-corrected chi connectivity index (χ2v) is 6.73. The number of nitrogens with two attached hydrogens (primary N) is 1. The maximum atomic E-state index is 13.4. The Kier molecular flexibility index (Phi) is 5.78. The van der Waals surface area contributed by atoms with E-state index in [9.17, 15) is 4.39 Å². The number of nitrogens with one attached hydrogen (secondary N) is 1. The Balaban J connectivity index is 2.69. The SMILES string of the molecule is CC(CC(Cc1ccc(Cl)c(F)c1)NN)C(C)(C)C. The van der Waals surface area contributed by atoms with Crippen molar-refractivity contribution in [3.05, 3.63) is 34.6 Å². The molecule has 0 saturated heterocycles. The quantitative estimate of drug-likeness (QED) is 0.636. The van der Waals surface area contributed by atoms with Gasteiger partial charge in [0, 0.05) is 6.04 Å². The average Bonchev–Trinajstić information content (AvgIpc) is 2.31. The Morgan fingerprint density at radius 1 is 1.37 bits per heavy atom. The highest BCUT2D eigenvalue weighted by atomic mass is 35.5. The molecule has 2 atom stereocenters. The van der Waals surface area contributed by atoms with E-state index in [2.05, 4.69) is 33.1 Å². The molecule has 0 aliphatic carbocycles. The standard InChI is InChI=1S/C15H24ClFN2/c1-10(15(2,3)4)7-12(19-18)8-11-5-6-13(16)14(17)9-11/h5-6,9-10,12,19H,7-8,18H2,1-4H3. The van der Waals surface area contributed by atoms with E-state index in [-0.39, 0.29) is 22.3 Å². The molecule has 19 heavy (non-hydrogen) atoms. The smallest absolute Gasteiger partial charge is 0.142 e. The first-order valence-corrected chi connectivity index (χ1v) is 7.02. The number of hydrogen-bond acceptors (Lipinski definition) is 2. The van der Waals surface area contributed by atoms with Crippen molar-refractivity contribution < 1.29 is 4.39 Å². The fourth-order valence-electron chi connectivity index (χ4n) is 1.94. The molecular weight excluding hydrogens is 263 g/mol. The Morgan fingerprint density at radius 2 is 2.00 bits per heavy atom.